The minimum absolute atomic E-state index is 0.698. The molecule has 2 aromatic rings. The Balaban J connectivity index is 2.48. The molecule has 0 fully saturated rings. The molecule has 0 amide bonds. The fraction of sp³-hybridized carbons (Fsp3) is 0.200. The summed E-state index contributed by atoms with van der Waals surface area (Å²) in [5.74, 6) is 0. The highest BCUT2D eigenvalue weighted by Gasteiger charge is 2.00. The van der Waals surface area contributed by atoms with Crippen LogP contribution in [0.1, 0.15) is 5.56 Å². The number of thiophene rings is 1. The van der Waals surface area contributed by atoms with Crippen molar-refractivity contribution in [2.75, 3.05) is 6.54 Å². The molecule has 0 aliphatic heterocycles. The number of halogens is 1. The van der Waals surface area contributed by atoms with E-state index in [0.717, 1.165) is 10.8 Å². The molecule has 3 heteroatoms. The summed E-state index contributed by atoms with van der Waals surface area (Å²) in [6, 6.07) is 8.38. The summed E-state index contributed by atoms with van der Waals surface area (Å²) < 4.78 is 2.09. The zero-order valence-electron chi connectivity index (χ0n) is 7.09. The predicted molar refractivity (Wildman–Crippen MR) is 59.6 cm³/mol. The van der Waals surface area contributed by atoms with Crippen molar-refractivity contribution in [3.8, 4) is 0 Å². The van der Waals surface area contributed by atoms with Gasteiger partial charge in [-0.3, -0.25) is 0 Å². The van der Waals surface area contributed by atoms with Crippen LogP contribution in [0.25, 0.3) is 10.1 Å². The molecule has 0 bridgehead atoms. The molecule has 0 atom stereocenters. The van der Waals surface area contributed by atoms with Crippen LogP contribution < -0.4 is 5.73 Å². The van der Waals surface area contributed by atoms with Crippen LogP contribution in [0.2, 0.25) is 4.34 Å². The highest BCUT2D eigenvalue weighted by molar-refractivity contribution is 7.22. The summed E-state index contributed by atoms with van der Waals surface area (Å²) in [5, 5.41) is 1.22. The van der Waals surface area contributed by atoms with Gasteiger partial charge in [-0.05, 0) is 36.0 Å². The summed E-state index contributed by atoms with van der Waals surface area (Å²) in [6.07, 6.45) is 0.934. The van der Waals surface area contributed by atoms with E-state index in [9.17, 15) is 0 Å². The van der Waals surface area contributed by atoms with Crippen LogP contribution in [0, 0.1) is 0 Å². The van der Waals surface area contributed by atoms with Crippen molar-refractivity contribution in [3.63, 3.8) is 0 Å². The van der Waals surface area contributed by atoms with E-state index in [4.69, 9.17) is 17.3 Å². The second-order valence-corrected chi connectivity index (χ2v) is 4.68. The number of hydrogen-bond donors (Lipinski definition) is 1. The fourth-order valence-electron chi connectivity index (χ4n) is 1.38. The lowest BCUT2D eigenvalue weighted by atomic mass is 10.1. The number of fused-ring (bicyclic) bond motifs is 1. The summed E-state index contributed by atoms with van der Waals surface area (Å²) in [7, 11) is 0. The fourth-order valence-corrected chi connectivity index (χ4v) is 2.52. The van der Waals surface area contributed by atoms with Crippen LogP contribution in [0.3, 0.4) is 0 Å². The predicted octanol–water partition coefficient (Wildman–Crippen LogP) is 3.06. The van der Waals surface area contributed by atoms with E-state index < -0.39 is 0 Å². The quantitative estimate of drug-likeness (QED) is 0.812. The van der Waals surface area contributed by atoms with Gasteiger partial charge in [0.05, 0.1) is 4.34 Å². The molecule has 2 N–H and O–H groups in total. The lowest BCUT2D eigenvalue weighted by Crippen LogP contribution is -2.02. The zero-order chi connectivity index (χ0) is 9.26. The molecule has 68 valence electrons. The summed E-state index contributed by atoms with van der Waals surface area (Å²) >= 11 is 7.52. The lowest BCUT2D eigenvalue weighted by Gasteiger charge is -1.97. The molecule has 1 nitrogen and oxygen atoms in total. The minimum Gasteiger partial charge on any atom is -0.330 e. The van der Waals surface area contributed by atoms with E-state index in [-0.39, 0.29) is 0 Å². The van der Waals surface area contributed by atoms with Gasteiger partial charge in [0.2, 0.25) is 0 Å². The van der Waals surface area contributed by atoms with Crippen molar-refractivity contribution in [1.29, 1.82) is 0 Å². The Morgan fingerprint density at radius 3 is 2.92 bits per heavy atom. The van der Waals surface area contributed by atoms with Gasteiger partial charge in [0.25, 0.3) is 0 Å². The molecule has 2 rings (SSSR count). The maximum Gasteiger partial charge on any atom is 0.0940 e. The number of nitrogens with two attached hydrogens (primary N) is 1. The molecule has 0 unspecified atom stereocenters. The van der Waals surface area contributed by atoms with Crippen molar-refractivity contribution < 1.29 is 0 Å². The summed E-state index contributed by atoms with van der Waals surface area (Å²) in [4.78, 5) is 0. The van der Waals surface area contributed by atoms with Crippen molar-refractivity contribution in [3.05, 3.63) is 34.2 Å². The summed E-state index contributed by atoms with van der Waals surface area (Å²) in [6.45, 7) is 0.698. The van der Waals surface area contributed by atoms with Crippen LogP contribution in [0.4, 0.5) is 0 Å². The Morgan fingerprint density at radius 2 is 2.15 bits per heavy atom. The average Bonchev–Trinajstić information content (AvgIpc) is 2.44. The first-order valence-electron chi connectivity index (χ1n) is 4.17. The smallest absolute Gasteiger partial charge is 0.0940 e. The topological polar surface area (TPSA) is 26.0 Å². The number of rotatable bonds is 2. The molecule has 1 aromatic heterocycles. The molecular weight excluding hydrogens is 202 g/mol. The van der Waals surface area contributed by atoms with Crippen LogP contribution >= 0.6 is 22.9 Å². The van der Waals surface area contributed by atoms with Gasteiger partial charge in [-0.15, -0.1) is 11.3 Å². The largest absolute Gasteiger partial charge is 0.330 e. The molecular formula is C10H10ClNS. The Hall–Kier alpha value is -0.570. The Bertz CT molecular complexity index is 422. The molecule has 0 radical (unpaired) electrons. The van der Waals surface area contributed by atoms with Crippen molar-refractivity contribution >= 4 is 33.0 Å². The van der Waals surface area contributed by atoms with Crippen LogP contribution in [0.15, 0.2) is 24.3 Å². The van der Waals surface area contributed by atoms with Gasteiger partial charge in [-0.25, -0.2) is 0 Å². The molecule has 1 heterocycles. The van der Waals surface area contributed by atoms with Crippen molar-refractivity contribution in [1.82, 2.24) is 0 Å². The second kappa shape index (κ2) is 3.66. The Labute approximate surface area is 86.1 Å². The van der Waals surface area contributed by atoms with Crippen molar-refractivity contribution in [2.24, 2.45) is 5.73 Å². The van der Waals surface area contributed by atoms with Gasteiger partial charge >= 0.3 is 0 Å². The standard InChI is InChI=1S/C10H10ClNS/c11-10-6-8-5-7(3-4-12)1-2-9(8)13-10/h1-2,5-6H,3-4,12H2. The van der Waals surface area contributed by atoms with E-state index in [1.807, 2.05) is 6.07 Å². The molecule has 13 heavy (non-hydrogen) atoms. The van der Waals surface area contributed by atoms with Gasteiger partial charge in [0.1, 0.15) is 0 Å². The van der Waals surface area contributed by atoms with Crippen LogP contribution in [-0.4, -0.2) is 6.54 Å². The monoisotopic (exact) mass is 211 g/mol. The van der Waals surface area contributed by atoms with E-state index in [2.05, 4.69) is 18.2 Å². The second-order valence-electron chi connectivity index (χ2n) is 2.96. The summed E-state index contributed by atoms with van der Waals surface area (Å²) in [5.41, 5.74) is 6.77. The first-order valence-corrected chi connectivity index (χ1v) is 5.37. The number of hydrogen-bond acceptors (Lipinski definition) is 2. The Morgan fingerprint density at radius 1 is 1.31 bits per heavy atom. The highest BCUT2D eigenvalue weighted by atomic mass is 35.5. The third kappa shape index (κ3) is 1.85. The molecule has 1 aromatic carbocycles. The van der Waals surface area contributed by atoms with Gasteiger partial charge in [0.15, 0.2) is 0 Å². The molecule has 0 saturated carbocycles. The van der Waals surface area contributed by atoms with E-state index in [0.29, 0.717) is 6.54 Å². The molecule has 0 aliphatic carbocycles. The number of benzene rings is 1. The molecule has 0 saturated heterocycles. The van der Waals surface area contributed by atoms with Gasteiger partial charge in [-0.2, -0.15) is 0 Å². The maximum absolute atomic E-state index is 5.91. The van der Waals surface area contributed by atoms with Gasteiger partial charge < -0.3 is 5.73 Å². The average molecular weight is 212 g/mol. The third-order valence-electron chi connectivity index (χ3n) is 1.98. The van der Waals surface area contributed by atoms with Gasteiger partial charge in [0, 0.05) is 4.70 Å². The SMILES string of the molecule is NCCc1ccc2sc(Cl)cc2c1. The minimum atomic E-state index is 0.698. The van der Waals surface area contributed by atoms with Gasteiger partial charge in [-0.1, -0.05) is 23.7 Å². The first kappa shape index (κ1) is 9.00. The van der Waals surface area contributed by atoms with Crippen molar-refractivity contribution in [2.45, 2.75) is 6.42 Å². The highest BCUT2D eigenvalue weighted by Crippen LogP contribution is 2.29. The third-order valence-corrected chi connectivity index (χ3v) is 3.23. The molecule has 0 spiro atoms. The normalized spacial score (nSPS) is 10.9. The lowest BCUT2D eigenvalue weighted by molar-refractivity contribution is 0.971. The van der Waals surface area contributed by atoms with E-state index in [1.165, 1.54) is 15.6 Å². The maximum atomic E-state index is 5.91. The van der Waals surface area contributed by atoms with E-state index in [1.54, 1.807) is 11.3 Å². The molecule has 0 aliphatic rings. The van der Waals surface area contributed by atoms with E-state index >= 15 is 0 Å². The van der Waals surface area contributed by atoms with Crippen LogP contribution in [0.5, 0.6) is 0 Å². The van der Waals surface area contributed by atoms with Crippen LogP contribution in [-0.2, 0) is 6.42 Å². The first-order chi connectivity index (χ1) is 6.29. The zero-order valence-corrected chi connectivity index (χ0v) is 8.66. The Kier molecular flexibility index (Phi) is 2.54.